The van der Waals surface area contributed by atoms with E-state index in [1.54, 1.807) is 6.92 Å². The SMILES string of the molecule is CC(=O)NCCNC1CCOC2(CCCC2)C1. The largest absolute Gasteiger partial charge is 0.375 e. The van der Waals surface area contributed by atoms with E-state index < -0.39 is 0 Å². The Morgan fingerprint density at radius 2 is 2.12 bits per heavy atom. The molecule has 0 radical (unpaired) electrons. The molecule has 1 amide bonds. The van der Waals surface area contributed by atoms with Crippen LogP contribution in [0, 0.1) is 0 Å². The summed E-state index contributed by atoms with van der Waals surface area (Å²) in [5.41, 5.74) is 0.184. The van der Waals surface area contributed by atoms with Gasteiger partial charge in [0.15, 0.2) is 0 Å². The van der Waals surface area contributed by atoms with E-state index in [4.69, 9.17) is 4.74 Å². The molecule has 1 unspecified atom stereocenters. The van der Waals surface area contributed by atoms with Crippen molar-refractivity contribution in [1.29, 1.82) is 0 Å². The molecule has 17 heavy (non-hydrogen) atoms. The van der Waals surface area contributed by atoms with Gasteiger partial charge < -0.3 is 15.4 Å². The van der Waals surface area contributed by atoms with Crippen LogP contribution in [0.25, 0.3) is 0 Å². The van der Waals surface area contributed by atoms with Gasteiger partial charge in [-0.2, -0.15) is 0 Å². The quantitative estimate of drug-likeness (QED) is 0.726. The Kier molecular flexibility index (Phi) is 4.40. The van der Waals surface area contributed by atoms with Crippen LogP contribution in [0.2, 0.25) is 0 Å². The number of hydrogen-bond acceptors (Lipinski definition) is 3. The summed E-state index contributed by atoms with van der Waals surface area (Å²) in [6.45, 7) is 4.03. The first-order valence-electron chi connectivity index (χ1n) is 6.82. The minimum Gasteiger partial charge on any atom is -0.375 e. The number of ether oxygens (including phenoxy) is 1. The molecule has 0 aromatic heterocycles. The third-order valence-corrected chi connectivity index (χ3v) is 3.94. The fourth-order valence-corrected chi connectivity index (χ4v) is 3.08. The Bertz CT molecular complexity index is 262. The van der Waals surface area contributed by atoms with Crippen molar-refractivity contribution in [3.63, 3.8) is 0 Å². The summed E-state index contributed by atoms with van der Waals surface area (Å²) in [6.07, 6.45) is 7.35. The van der Waals surface area contributed by atoms with Crippen molar-refractivity contribution in [2.75, 3.05) is 19.7 Å². The predicted molar refractivity (Wildman–Crippen MR) is 66.9 cm³/mol. The lowest BCUT2D eigenvalue weighted by Gasteiger charge is -2.38. The lowest BCUT2D eigenvalue weighted by Crippen LogP contribution is -2.47. The molecule has 2 rings (SSSR count). The van der Waals surface area contributed by atoms with E-state index in [0.29, 0.717) is 6.04 Å². The number of carbonyl (C=O) groups is 1. The van der Waals surface area contributed by atoms with Crippen LogP contribution in [0.5, 0.6) is 0 Å². The standard InChI is InChI=1S/C13H24N2O2/c1-11(16)14-7-8-15-12-4-9-17-13(10-12)5-2-3-6-13/h12,15H,2-10H2,1H3,(H,14,16). The van der Waals surface area contributed by atoms with Crippen LogP contribution < -0.4 is 10.6 Å². The monoisotopic (exact) mass is 240 g/mol. The number of nitrogens with one attached hydrogen (secondary N) is 2. The fourth-order valence-electron chi connectivity index (χ4n) is 3.08. The summed E-state index contributed by atoms with van der Waals surface area (Å²) in [7, 11) is 0. The molecule has 2 N–H and O–H groups in total. The number of amides is 1. The van der Waals surface area contributed by atoms with E-state index in [-0.39, 0.29) is 11.5 Å². The third-order valence-electron chi connectivity index (χ3n) is 3.94. The van der Waals surface area contributed by atoms with Crippen LogP contribution in [-0.4, -0.2) is 37.2 Å². The van der Waals surface area contributed by atoms with Gasteiger partial charge >= 0.3 is 0 Å². The van der Waals surface area contributed by atoms with Crippen LogP contribution in [-0.2, 0) is 9.53 Å². The number of carbonyl (C=O) groups excluding carboxylic acids is 1. The number of rotatable bonds is 4. The molecule has 1 aliphatic heterocycles. The average molecular weight is 240 g/mol. The normalized spacial score (nSPS) is 27.2. The maximum atomic E-state index is 10.7. The highest BCUT2D eigenvalue weighted by Crippen LogP contribution is 2.39. The van der Waals surface area contributed by atoms with Crippen molar-refractivity contribution in [3.05, 3.63) is 0 Å². The molecule has 2 aliphatic rings. The number of hydrogen-bond donors (Lipinski definition) is 2. The van der Waals surface area contributed by atoms with Gasteiger partial charge in [-0.25, -0.2) is 0 Å². The van der Waals surface area contributed by atoms with Gasteiger partial charge in [-0.3, -0.25) is 4.79 Å². The average Bonchev–Trinajstić information content (AvgIpc) is 2.73. The highest BCUT2D eigenvalue weighted by Gasteiger charge is 2.39. The molecule has 1 heterocycles. The smallest absolute Gasteiger partial charge is 0.216 e. The van der Waals surface area contributed by atoms with Crippen molar-refractivity contribution < 1.29 is 9.53 Å². The van der Waals surface area contributed by atoms with Crippen LogP contribution in [0.3, 0.4) is 0 Å². The maximum absolute atomic E-state index is 10.7. The fraction of sp³-hybridized carbons (Fsp3) is 0.923. The zero-order chi connectivity index (χ0) is 12.1. The van der Waals surface area contributed by atoms with Gasteiger partial charge in [-0.15, -0.1) is 0 Å². The van der Waals surface area contributed by atoms with E-state index >= 15 is 0 Å². The lowest BCUT2D eigenvalue weighted by atomic mass is 9.89. The van der Waals surface area contributed by atoms with Gasteiger partial charge in [0.2, 0.25) is 5.91 Å². The van der Waals surface area contributed by atoms with Crippen LogP contribution >= 0.6 is 0 Å². The molecule has 0 aromatic carbocycles. The van der Waals surface area contributed by atoms with Crippen molar-refractivity contribution in [2.24, 2.45) is 0 Å². The molecular weight excluding hydrogens is 216 g/mol. The maximum Gasteiger partial charge on any atom is 0.216 e. The van der Waals surface area contributed by atoms with Gasteiger partial charge in [0.1, 0.15) is 0 Å². The molecule has 1 saturated heterocycles. The molecule has 0 aromatic rings. The Morgan fingerprint density at radius 3 is 2.82 bits per heavy atom. The van der Waals surface area contributed by atoms with E-state index in [2.05, 4.69) is 10.6 Å². The van der Waals surface area contributed by atoms with Crippen molar-refractivity contribution in [1.82, 2.24) is 10.6 Å². The van der Waals surface area contributed by atoms with Crippen LogP contribution in [0.1, 0.15) is 45.4 Å². The van der Waals surface area contributed by atoms with Gasteiger partial charge in [0.05, 0.1) is 5.60 Å². The molecular formula is C13H24N2O2. The summed E-state index contributed by atoms with van der Waals surface area (Å²) in [6, 6.07) is 0.565. The summed E-state index contributed by atoms with van der Waals surface area (Å²) < 4.78 is 5.99. The summed E-state index contributed by atoms with van der Waals surface area (Å²) >= 11 is 0. The molecule has 0 bridgehead atoms. The lowest BCUT2D eigenvalue weighted by molar-refractivity contribution is -0.119. The Balaban J connectivity index is 1.68. The molecule has 4 nitrogen and oxygen atoms in total. The molecule has 98 valence electrons. The van der Waals surface area contributed by atoms with Crippen LogP contribution in [0.4, 0.5) is 0 Å². The molecule has 1 aliphatic carbocycles. The second-order valence-corrected chi connectivity index (χ2v) is 5.37. The van der Waals surface area contributed by atoms with Gasteiger partial charge in [-0.05, 0) is 25.7 Å². The molecule has 4 heteroatoms. The van der Waals surface area contributed by atoms with Crippen molar-refractivity contribution in [2.45, 2.75) is 57.1 Å². The molecule has 1 atom stereocenters. The molecule has 1 saturated carbocycles. The second kappa shape index (κ2) is 5.83. The van der Waals surface area contributed by atoms with E-state index in [0.717, 1.165) is 32.5 Å². The van der Waals surface area contributed by atoms with E-state index in [1.165, 1.54) is 25.7 Å². The topological polar surface area (TPSA) is 50.4 Å². The Labute approximate surface area is 103 Å². The third kappa shape index (κ3) is 3.68. The Hall–Kier alpha value is -0.610. The highest BCUT2D eigenvalue weighted by atomic mass is 16.5. The van der Waals surface area contributed by atoms with Crippen LogP contribution in [0.15, 0.2) is 0 Å². The highest BCUT2D eigenvalue weighted by molar-refractivity contribution is 5.72. The molecule has 1 spiro atoms. The minimum absolute atomic E-state index is 0.0473. The van der Waals surface area contributed by atoms with E-state index in [1.807, 2.05) is 0 Å². The predicted octanol–water partition coefficient (Wildman–Crippen LogP) is 1.20. The first-order valence-corrected chi connectivity index (χ1v) is 6.82. The minimum atomic E-state index is 0.0473. The summed E-state index contributed by atoms with van der Waals surface area (Å²) in [5, 5.41) is 6.35. The first kappa shape index (κ1) is 12.8. The Morgan fingerprint density at radius 1 is 1.35 bits per heavy atom. The second-order valence-electron chi connectivity index (χ2n) is 5.37. The van der Waals surface area contributed by atoms with Gasteiger partial charge in [0.25, 0.3) is 0 Å². The summed E-state index contributed by atoms with van der Waals surface area (Å²) in [4.78, 5) is 10.7. The molecule has 2 fully saturated rings. The zero-order valence-corrected chi connectivity index (χ0v) is 10.8. The van der Waals surface area contributed by atoms with Gasteiger partial charge in [0, 0.05) is 32.7 Å². The van der Waals surface area contributed by atoms with E-state index in [9.17, 15) is 4.79 Å². The van der Waals surface area contributed by atoms with Crippen molar-refractivity contribution in [3.8, 4) is 0 Å². The zero-order valence-electron chi connectivity index (χ0n) is 10.8. The van der Waals surface area contributed by atoms with Gasteiger partial charge in [-0.1, -0.05) is 12.8 Å². The first-order chi connectivity index (χ1) is 8.20. The summed E-state index contributed by atoms with van der Waals surface area (Å²) in [5.74, 6) is 0.0473. The van der Waals surface area contributed by atoms with Crippen molar-refractivity contribution >= 4 is 5.91 Å².